The van der Waals surface area contributed by atoms with Crippen LogP contribution in [0.2, 0.25) is 5.02 Å². The van der Waals surface area contributed by atoms with Crippen LogP contribution in [0.3, 0.4) is 0 Å². The molecule has 0 radical (unpaired) electrons. The summed E-state index contributed by atoms with van der Waals surface area (Å²) in [5.74, 6) is -0.615. The molecule has 1 amide bonds. The highest BCUT2D eigenvalue weighted by Crippen LogP contribution is 2.28. The van der Waals surface area contributed by atoms with Crippen molar-refractivity contribution in [3.8, 4) is 5.75 Å². The lowest BCUT2D eigenvalue weighted by molar-refractivity contribution is -0.123. The number of fused-ring (bicyclic) bond motifs is 1. The van der Waals surface area contributed by atoms with Crippen LogP contribution in [0.5, 0.6) is 5.75 Å². The summed E-state index contributed by atoms with van der Waals surface area (Å²) in [5.41, 5.74) is 3.28. The highest BCUT2D eigenvalue weighted by atomic mass is 35.5. The highest BCUT2D eigenvalue weighted by molar-refractivity contribution is 7.16. The smallest absolute Gasteiger partial charge is 0.338 e. The van der Waals surface area contributed by atoms with Crippen LogP contribution in [0.25, 0.3) is 10.2 Å². The molecule has 1 atom stereocenters. The Labute approximate surface area is 158 Å². The fourth-order valence-corrected chi connectivity index (χ4v) is 3.16. The van der Waals surface area contributed by atoms with E-state index in [0.29, 0.717) is 22.0 Å². The number of methoxy groups -OCH3 is 1. The van der Waals surface area contributed by atoms with E-state index in [4.69, 9.17) is 21.1 Å². The van der Waals surface area contributed by atoms with Gasteiger partial charge in [0.1, 0.15) is 5.75 Å². The summed E-state index contributed by atoms with van der Waals surface area (Å²) < 4.78 is 11.3. The van der Waals surface area contributed by atoms with Gasteiger partial charge in [-0.05, 0) is 43.3 Å². The van der Waals surface area contributed by atoms with Gasteiger partial charge in [-0.2, -0.15) is 0 Å². The number of carbonyl (C=O) groups is 2. The molecule has 1 heterocycles. The Morgan fingerprint density at radius 3 is 2.81 bits per heavy atom. The first-order chi connectivity index (χ1) is 12.5. The molecule has 3 rings (SSSR count). The number of carbonyl (C=O) groups excluding carboxylic acids is 2. The third-order valence-corrected chi connectivity index (χ3v) is 4.67. The van der Waals surface area contributed by atoms with E-state index in [-0.39, 0.29) is 0 Å². The third-order valence-electron chi connectivity index (χ3n) is 3.64. The van der Waals surface area contributed by atoms with Crippen LogP contribution in [0.1, 0.15) is 17.3 Å². The molecular weight excluding hydrogens is 376 g/mol. The summed E-state index contributed by atoms with van der Waals surface area (Å²) in [6.07, 6.45) is -0.997. The van der Waals surface area contributed by atoms with E-state index in [1.54, 1.807) is 41.9 Å². The van der Waals surface area contributed by atoms with E-state index in [1.807, 2.05) is 0 Å². The standard InChI is InChI=1S/C18H15ClN2O4S/c1-10(17(22)21-14-8-12(19)4-6-15(14)24-2)25-18(23)11-3-5-13-16(7-11)26-9-20-13/h3-10H,1-2H3,(H,21,22)/t10-/m1/s1. The number of thiazole rings is 1. The minimum Gasteiger partial charge on any atom is -0.495 e. The van der Waals surface area contributed by atoms with Crippen molar-refractivity contribution < 1.29 is 19.1 Å². The molecule has 0 aliphatic rings. The van der Waals surface area contributed by atoms with Gasteiger partial charge in [-0.25, -0.2) is 9.78 Å². The predicted molar refractivity (Wildman–Crippen MR) is 101 cm³/mol. The van der Waals surface area contributed by atoms with Crippen LogP contribution >= 0.6 is 22.9 Å². The molecule has 0 aliphatic heterocycles. The molecule has 1 N–H and O–H groups in total. The van der Waals surface area contributed by atoms with Gasteiger partial charge in [-0.3, -0.25) is 4.79 Å². The number of hydrogen-bond acceptors (Lipinski definition) is 6. The van der Waals surface area contributed by atoms with E-state index in [0.717, 1.165) is 10.2 Å². The SMILES string of the molecule is COc1ccc(Cl)cc1NC(=O)[C@@H](C)OC(=O)c1ccc2ncsc2c1. The Hall–Kier alpha value is -2.64. The molecule has 3 aromatic rings. The number of rotatable bonds is 5. The third kappa shape index (κ3) is 3.95. The Morgan fingerprint density at radius 2 is 2.04 bits per heavy atom. The summed E-state index contributed by atoms with van der Waals surface area (Å²) in [5, 5.41) is 3.10. The average Bonchev–Trinajstić information content (AvgIpc) is 3.09. The largest absolute Gasteiger partial charge is 0.495 e. The van der Waals surface area contributed by atoms with Crippen LogP contribution in [-0.2, 0) is 9.53 Å². The first kappa shape index (κ1) is 18.2. The Kier molecular flexibility index (Phi) is 5.39. The van der Waals surface area contributed by atoms with E-state index in [2.05, 4.69) is 10.3 Å². The van der Waals surface area contributed by atoms with Gasteiger partial charge >= 0.3 is 5.97 Å². The van der Waals surface area contributed by atoms with Gasteiger partial charge in [0.2, 0.25) is 0 Å². The zero-order valence-corrected chi connectivity index (χ0v) is 15.6. The molecule has 0 saturated heterocycles. The zero-order chi connectivity index (χ0) is 18.7. The van der Waals surface area contributed by atoms with E-state index in [1.165, 1.54) is 25.4 Å². The Bertz CT molecular complexity index is 973. The second-order valence-electron chi connectivity index (χ2n) is 5.42. The lowest BCUT2D eigenvalue weighted by Gasteiger charge is -2.15. The lowest BCUT2D eigenvalue weighted by atomic mass is 10.2. The molecule has 26 heavy (non-hydrogen) atoms. The van der Waals surface area contributed by atoms with Crippen molar-refractivity contribution in [2.24, 2.45) is 0 Å². The molecule has 0 aliphatic carbocycles. The second-order valence-corrected chi connectivity index (χ2v) is 6.74. The summed E-state index contributed by atoms with van der Waals surface area (Å²) in [7, 11) is 1.48. The summed E-state index contributed by atoms with van der Waals surface area (Å²) in [6.45, 7) is 1.50. The predicted octanol–water partition coefficient (Wildman–Crippen LogP) is 4.14. The molecule has 6 nitrogen and oxygen atoms in total. The molecule has 1 aromatic heterocycles. The van der Waals surface area contributed by atoms with Crippen molar-refractivity contribution in [2.45, 2.75) is 13.0 Å². The number of aromatic nitrogens is 1. The molecule has 0 bridgehead atoms. The fraction of sp³-hybridized carbons (Fsp3) is 0.167. The zero-order valence-electron chi connectivity index (χ0n) is 14.0. The van der Waals surface area contributed by atoms with Crippen LogP contribution in [0.4, 0.5) is 5.69 Å². The number of hydrogen-bond donors (Lipinski definition) is 1. The summed E-state index contributed by atoms with van der Waals surface area (Å²) in [6, 6.07) is 9.90. The van der Waals surface area contributed by atoms with Crippen molar-refractivity contribution in [2.75, 3.05) is 12.4 Å². The summed E-state index contributed by atoms with van der Waals surface area (Å²) >= 11 is 7.37. The van der Waals surface area contributed by atoms with Crippen LogP contribution < -0.4 is 10.1 Å². The molecule has 134 valence electrons. The number of nitrogens with zero attached hydrogens (tertiary/aromatic N) is 1. The van der Waals surface area contributed by atoms with Crippen molar-refractivity contribution in [1.29, 1.82) is 0 Å². The molecule has 0 fully saturated rings. The molecule has 0 spiro atoms. The number of anilines is 1. The number of nitrogens with one attached hydrogen (secondary N) is 1. The van der Waals surface area contributed by atoms with Crippen LogP contribution in [0.15, 0.2) is 41.9 Å². The number of ether oxygens (including phenoxy) is 2. The van der Waals surface area contributed by atoms with Crippen LogP contribution in [0, 0.1) is 0 Å². The van der Waals surface area contributed by atoms with Gasteiger partial charge in [0.05, 0.1) is 34.1 Å². The maximum Gasteiger partial charge on any atom is 0.338 e. The first-order valence-corrected chi connectivity index (χ1v) is 8.92. The highest BCUT2D eigenvalue weighted by Gasteiger charge is 2.20. The number of halogens is 1. The normalized spacial score (nSPS) is 11.8. The van der Waals surface area contributed by atoms with E-state index in [9.17, 15) is 9.59 Å². The molecule has 8 heteroatoms. The van der Waals surface area contributed by atoms with Gasteiger partial charge in [0.15, 0.2) is 6.10 Å². The van der Waals surface area contributed by atoms with Crippen molar-refractivity contribution >= 4 is 50.7 Å². The van der Waals surface area contributed by atoms with Gasteiger partial charge < -0.3 is 14.8 Å². The van der Waals surface area contributed by atoms with E-state index < -0.39 is 18.0 Å². The molecule has 0 saturated carbocycles. The average molecular weight is 391 g/mol. The van der Waals surface area contributed by atoms with Crippen molar-refractivity contribution in [3.63, 3.8) is 0 Å². The second kappa shape index (κ2) is 7.72. The number of esters is 1. The quantitative estimate of drug-likeness (QED) is 0.662. The van der Waals surface area contributed by atoms with Crippen molar-refractivity contribution in [3.05, 3.63) is 52.5 Å². The Balaban J connectivity index is 1.68. The molecule has 2 aromatic carbocycles. The lowest BCUT2D eigenvalue weighted by Crippen LogP contribution is -2.30. The summed E-state index contributed by atoms with van der Waals surface area (Å²) in [4.78, 5) is 28.8. The fourth-order valence-electron chi connectivity index (χ4n) is 2.28. The molecule has 0 unspecified atom stereocenters. The number of amides is 1. The minimum atomic E-state index is -0.997. The minimum absolute atomic E-state index is 0.363. The number of benzene rings is 2. The monoisotopic (exact) mass is 390 g/mol. The Morgan fingerprint density at radius 1 is 1.23 bits per heavy atom. The van der Waals surface area contributed by atoms with Crippen LogP contribution in [-0.4, -0.2) is 30.1 Å². The van der Waals surface area contributed by atoms with Crippen molar-refractivity contribution in [1.82, 2.24) is 4.98 Å². The van der Waals surface area contributed by atoms with Gasteiger partial charge in [-0.1, -0.05) is 11.6 Å². The maximum atomic E-state index is 12.3. The van der Waals surface area contributed by atoms with Gasteiger partial charge in [0.25, 0.3) is 5.91 Å². The maximum absolute atomic E-state index is 12.3. The van der Waals surface area contributed by atoms with Gasteiger partial charge in [0, 0.05) is 5.02 Å². The topological polar surface area (TPSA) is 77.5 Å². The first-order valence-electron chi connectivity index (χ1n) is 7.66. The van der Waals surface area contributed by atoms with E-state index >= 15 is 0 Å². The van der Waals surface area contributed by atoms with Gasteiger partial charge in [-0.15, -0.1) is 11.3 Å². The molecular formula is C18H15ClN2O4S.